The van der Waals surface area contributed by atoms with Gasteiger partial charge in [-0.15, -0.1) is 11.3 Å². The van der Waals surface area contributed by atoms with Crippen molar-refractivity contribution in [3.8, 4) is 0 Å². The Labute approximate surface area is 134 Å². The van der Waals surface area contributed by atoms with Crippen molar-refractivity contribution in [2.75, 3.05) is 31.5 Å². The van der Waals surface area contributed by atoms with Gasteiger partial charge in [-0.1, -0.05) is 6.07 Å². The highest BCUT2D eigenvalue weighted by molar-refractivity contribution is 7.09. The van der Waals surface area contributed by atoms with Gasteiger partial charge in [0, 0.05) is 36.6 Å². The van der Waals surface area contributed by atoms with E-state index in [1.807, 2.05) is 22.2 Å². The van der Waals surface area contributed by atoms with Gasteiger partial charge in [-0.2, -0.15) is 5.10 Å². The van der Waals surface area contributed by atoms with Gasteiger partial charge in [-0.25, -0.2) is 4.68 Å². The second-order valence-corrected chi connectivity index (χ2v) is 6.56. The molecule has 1 aliphatic heterocycles. The summed E-state index contributed by atoms with van der Waals surface area (Å²) in [6.45, 7) is 6.03. The Kier molecular flexibility index (Phi) is 4.87. The lowest BCUT2D eigenvalue weighted by Crippen LogP contribution is -2.52. The van der Waals surface area contributed by atoms with Crippen molar-refractivity contribution in [1.82, 2.24) is 20.0 Å². The van der Waals surface area contributed by atoms with Crippen LogP contribution < -0.4 is 10.6 Å². The zero-order valence-electron chi connectivity index (χ0n) is 12.7. The number of rotatable bonds is 5. The van der Waals surface area contributed by atoms with E-state index >= 15 is 0 Å². The zero-order chi connectivity index (χ0) is 15.4. The van der Waals surface area contributed by atoms with Crippen molar-refractivity contribution in [3.63, 3.8) is 0 Å². The van der Waals surface area contributed by atoms with E-state index in [1.165, 1.54) is 4.88 Å². The number of carbonyl (C=O) groups excluding carboxylic acids is 1. The van der Waals surface area contributed by atoms with Crippen LogP contribution in [0.3, 0.4) is 0 Å². The van der Waals surface area contributed by atoms with Crippen molar-refractivity contribution in [1.29, 1.82) is 0 Å². The molecular weight excluding hydrogens is 298 g/mol. The molecule has 6 nitrogen and oxygen atoms in total. The first-order chi connectivity index (χ1) is 10.7. The molecule has 22 heavy (non-hydrogen) atoms. The molecule has 118 valence electrons. The molecule has 1 saturated heterocycles. The van der Waals surface area contributed by atoms with Gasteiger partial charge in [0.2, 0.25) is 5.91 Å². The smallest absolute Gasteiger partial charge is 0.239 e. The summed E-state index contributed by atoms with van der Waals surface area (Å²) in [4.78, 5) is 15.7. The molecule has 3 rings (SSSR count). The molecule has 0 bridgehead atoms. The highest BCUT2D eigenvalue weighted by Gasteiger charge is 2.20. The van der Waals surface area contributed by atoms with E-state index in [2.05, 4.69) is 33.6 Å². The summed E-state index contributed by atoms with van der Waals surface area (Å²) < 4.78 is 1.82. The van der Waals surface area contributed by atoms with Gasteiger partial charge >= 0.3 is 0 Å². The maximum atomic E-state index is 12.3. The fourth-order valence-corrected chi connectivity index (χ4v) is 3.29. The number of anilines is 1. The number of thiophene rings is 1. The van der Waals surface area contributed by atoms with E-state index in [1.54, 1.807) is 17.5 Å². The molecule has 1 fully saturated rings. The second-order valence-electron chi connectivity index (χ2n) is 5.53. The van der Waals surface area contributed by atoms with Gasteiger partial charge in [0.15, 0.2) is 0 Å². The number of aromatic nitrogens is 2. The first-order valence-corrected chi connectivity index (χ1v) is 8.39. The number of hydrogen-bond donors (Lipinski definition) is 2. The maximum Gasteiger partial charge on any atom is 0.239 e. The van der Waals surface area contributed by atoms with Crippen LogP contribution in [0.4, 0.5) is 5.82 Å². The molecular formula is C15H21N5OS. The van der Waals surface area contributed by atoms with Crippen molar-refractivity contribution in [2.45, 2.75) is 19.5 Å². The molecule has 0 aromatic carbocycles. The number of nitrogens with one attached hydrogen (secondary N) is 2. The van der Waals surface area contributed by atoms with Crippen LogP contribution in [0.25, 0.3) is 0 Å². The Hall–Kier alpha value is -1.70. The lowest BCUT2D eigenvalue weighted by molar-refractivity contribution is -0.118. The Morgan fingerprint density at radius 1 is 1.55 bits per heavy atom. The molecule has 0 aliphatic carbocycles. The van der Waals surface area contributed by atoms with E-state index in [4.69, 9.17) is 0 Å². The summed E-state index contributed by atoms with van der Waals surface area (Å²) in [6.07, 6.45) is 1.72. The predicted molar refractivity (Wildman–Crippen MR) is 88.2 cm³/mol. The Morgan fingerprint density at radius 2 is 2.45 bits per heavy atom. The van der Waals surface area contributed by atoms with Gasteiger partial charge in [-0.05, 0) is 18.4 Å². The molecule has 7 heteroatoms. The number of carbonyl (C=O) groups is 1. The van der Waals surface area contributed by atoms with E-state index in [0.717, 1.165) is 25.5 Å². The van der Waals surface area contributed by atoms with Crippen LogP contribution in [0.2, 0.25) is 0 Å². The molecule has 2 aromatic heterocycles. The largest absolute Gasteiger partial charge is 0.314 e. The quantitative estimate of drug-likeness (QED) is 0.870. The second kappa shape index (κ2) is 7.04. The highest BCUT2D eigenvalue weighted by atomic mass is 32.1. The number of piperazine rings is 1. The zero-order valence-corrected chi connectivity index (χ0v) is 13.5. The first-order valence-electron chi connectivity index (χ1n) is 7.51. The van der Waals surface area contributed by atoms with Gasteiger partial charge in [0.05, 0.1) is 19.3 Å². The van der Waals surface area contributed by atoms with Gasteiger partial charge in [0.25, 0.3) is 0 Å². The third-order valence-electron chi connectivity index (χ3n) is 3.86. The predicted octanol–water partition coefficient (Wildman–Crippen LogP) is 1.23. The van der Waals surface area contributed by atoms with Gasteiger partial charge in [-0.3, -0.25) is 9.69 Å². The van der Waals surface area contributed by atoms with Crippen molar-refractivity contribution in [3.05, 3.63) is 34.7 Å². The van der Waals surface area contributed by atoms with Crippen LogP contribution in [-0.4, -0.2) is 52.8 Å². The topological polar surface area (TPSA) is 62.2 Å². The van der Waals surface area contributed by atoms with Crippen molar-refractivity contribution < 1.29 is 4.79 Å². The minimum Gasteiger partial charge on any atom is -0.314 e. The average molecular weight is 319 g/mol. The Balaban J connectivity index is 1.58. The molecule has 2 aromatic rings. The van der Waals surface area contributed by atoms with Gasteiger partial charge in [0.1, 0.15) is 5.82 Å². The standard InChI is InChI=1S/C15H21N5OS/c1-12-9-16-6-7-19(12)11-15(21)18-14-4-5-17-20(14)10-13-3-2-8-22-13/h2-5,8,12,16H,6-7,9-11H2,1H3,(H,18,21)/t12-/m0/s1. The summed E-state index contributed by atoms with van der Waals surface area (Å²) in [7, 11) is 0. The molecule has 2 N–H and O–H groups in total. The third-order valence-corrected chi connectivity index (χ3v) is 4.72. The van der Waals surface area contributed by atoms with Crippen LogP contribution in [0.5, 0.6) is 0 Å². The molecule has 1 atom stereocenters. The first kappa shape index (κ1) is 15.2. The summed E-state index contributed by atoms with van der Waals surface area (Å²) in [5.41, 5.74) is 0. The lowest BCUT2D eigenvalue weighted by atomic mass is 10.2. The highest BCUT2D eigenvalue weighted by Crippen LogP contribution is 2.14. The van der Waals surface area contributed by atoms with E-state index in [9.17, 15) is 4.79 Å². The monoisotopic (exact) mass is 319 g/mol. The minimum absolute atomic E-state index is 0.0154. The molecule has 0 radical (unpaired) electrons. The van der Waals surface area contributed by atoms with Crippen LogP contribution >= 0.6 is 11.3 Å². The van der Waals surface area contributed by atoms with Crippen LogP contribution in [-0.2, 0) is 11.3 Å². The summed E-state index contributed by atoms with van der Waals surface area (Å²) in [6, 6.07) is 6.32. The molecule has 0 spiro atoms. The summed E-state index contributed by atoms with van der Waals surface area (Å²) in [5, 5.41) is 12.6. The Bertz CT molecular complexity index is 609. The number of hydrogen-bond acceptors (Lipinski definition) is 5. The van der Waals surface area contributed by atoms with Crippen LogP contribution in [0, 0.1) is 0 Å². The number of amides is 1. The average Bonchev–Trinajstić information content (AvgIpc) is 3.15. The minimum atomic E-state index is 0.0154. The molecule has 0 unspecified atom stereocenters. The summed E-state index contributed by atoms with van der Waals surface area (Å²) in [5.74, 6) is 0.767. The third kappa shape index (κ3) is 3.73. The fraction of sp³-hybridized carbons (Fsp3) is 0.467. The van der Waals surface area contributed by atoms with Gasteiger partial charge < -0.3 is 10.6 Å². The molecule has 0 saturated carbocycles. The number of nitrogens with zero attached hydrogens (tertiary/aromatic N) is 3. The Morgan fingerprint density at radius 3 is 3.23 bits per heavy atom. The fourth-order valence-electron chi connectivity index (χ4n) is 2.60. The summed E-state index contributed by atoms with van der Waals surface area (Å²) >= 11 is 1.69. The molecule has 3 heterocycles. The SMILES string of the molecule is C[C@H]1CNCCN1CC(=O)Nc1ccnn1Cc1cccs1. The molecule has 1 aliphatic rings. The van der Waals surface area contributed by atoms with E-state index in [-0.39, 0.29) is 5.91 Å². The van der Waals surface area contributed by atoms with Crippen molar-refractivity contribution in [2.24, 2.45) is 0 Å². The van der Waals surface area contributed by atoms with E-state index in [0.29, 0.717) is 19.1 Å². The van der Waals surface area contributed by atoms with Crippen molar-refractivity contribution >= 4 is 23.1 Å². The normalized spacial score (nSPS) is 19.2. The maximum absolute atomic E-state index is 12.3. The molecule has 1 amide bonds. The van der Waals surface area contributed by atoms with Crippen LogP contribution in [0.1, 0.15) is 11.8 Å². The van der Waals surface area contributed by atoms with Crippen LogP contribution in [0.15, 0.2) is 29.8 Å². The lowest BCUT2D eigenvalue weighted by Gasteiger charge is -2.33. The van der Waals surface area contributed by atoms with E-state index < -0.39 is 0 Å².